The lowest BCUT2D eigenvalue weighted by Gasteiger charge is -2.27. The van der Waals surface area contributed by atoms with Crippen LogP contribution in [0.3, 0.4) is 0 Å². The maximum atomic E-state index is 10.5. The van der Waals surface area contributed by atoms with Crippen molar-refractivity contribution in [1.82, 2.24) is 5.32 Å². The van der Waals surface area contributed by atoms with Gasteiger partial charge in [0.2, 0.25) is 0 Å². The fraction of sp³-hybridized carbons (Fsp3) is 0.600. The normalized spacial score (nSPS) is 19.4. The van der Waals surface area contributed by atoms with Gasteiger partial charge in [-0.2, -0.15) is 0 Å². The summed E-state index contributed by atoms with van der Waals surface area (Å²) in [6, 6.07) is 7.88. The van der Waals surface area contributed by atoms with Crippen LogP contribution in [-0.2, 0) is 6.54 Å². The van der Waals surface area contributed by atoms with E-state index >= 15 is 0 Å². The van der Waals surface area contributed by atoms with E-state index in [0.717, 1.165) is 43.5 Å². The Morgan fingerprint density at radius 1 is 1.11 bits per heavy atom. The maximum absolute atomic E-state index is 10.5. The van der Waals surface area contributed by atoms with Crippen molar-refractivity contribution in [2.24, 2.45) is 0 Å². The van der Waals surface area contributed by atoms with Crippen LogP contribution in [0.25, 0.3) is 0 Å². The maximum Gasteiger partial charge on any atom is 0.0771 e. The van der Waals surface area contributed by atoms with Crippen molar-refractivity contribution in [3.63, 3.8) is 0 Å². The Morgan fingerprint density at radius 2 is 1.78 bits per heavy atom. The van der Waals surface area contributed by atoms with Crippen LogP contribution in [0, 0.1) is 0 Å². The Labute approximate surface area is 109 Å². The molecule has 2 rings (SSSR count). The van der Waals surface area contributed by atoms with Crippen LogP contribution in [0.4, 0.5) is 5.69 Å². The molecule has 0 aliphatic heterocycles. The van der Waals surface area contributed by atoms with Gasteiger partial charge in [0, 0.05) is 18.8 Å². The largest absolute Gasteiger partial charge is 0.398 e. The number of nitrogens with two attached hydrogens (primary N) is 1. The van der Waals surface area contributed by atoms with E-state index in [4.69, 9.17) is 5.73 Å². The summed E-state index contributed by atoms with van der Waals surface area (Å²) in [5.74, 6) is 0. The fourth-order valence-corrected chi connectivity index (χ4v) is 2.69. The number of anilines is 1. The molecule has 0 unspecified atom stereocenters. The van der Waals surface area contributed by atoms with E-state index in [9.17, 15) is 5.11 Å². The molecule has 3 heteroatoms. The molecule has 0 bridgehead atoms. The van der Waals surface area contributed by atoms with Gasteiger partial charge in [-0.1, -0.05) is 43.9 Å². The van der Waals surface area contributed by atoms with Gasteiger partial charge in [0.05, 0.1) is 5.60 Å². The summed E-state index contributed by atoms with van der Waals surface area (Å²) >= 11 is 0. The molecular formula is C15H24N2O. The smallest absolute Gasteiger partial charge is 0.0771 e. The van der Waals surface area contributed by atoms with Crippen molar-refractivity contribution in [3.8, 4) is 0 Å². The van der Waals surface area contributed by atoms with Crippen LogP contribution in [0.5, 0.6) is 0 Å². The zero-order chi connectivity index (χ0) is 12.8. The van der Waals surface area contributed by atoms with E-state index in [-0.39, 0.29) is 0 Å². The van der Waals surface area contributed by atoms with E-state index in [0.29, 0.717) is 6.54 Å². The molecule has 0 saturated heterocycles. The zero-order valence-electron chi connectivity index (χ0n) is 11.0. The third-order valence-corrected chi connectivity index (χ3v) is 3.86. The van der Waals surface area contributed by atoms with Crippen LogP contribution in [0.15, 0.2) is 24.3 Å². The Hall–Kier alpha value is -1.06. The van der Waals surface area contributed by atoms with Crippen molar-refractivity contribution in [3.05, 3.63) is 29.8 Å². The van der Waals surface area contributed by atoms with Gasteiger partial charge in [-0.25, -0.2) is 0 Å². The predicted molar refractivity (Wildman–Crippen MR) is 75.2 cm³/mol. The van der Waals surface area contributed by atoms with Crippen molar-refractivity contribution >= 4 is 5.69 Å². The summed E-state index contributed by atoms with van der Waals surface area (Å²) < 4.78 is 0. The first kappa shape index (κ1) is 13.4. The van der Waals surface area contributed by atoms with E-state index in [1.165, 1.54) is 12.8 Å². The highest BCUT2D eigenvalue weighted by Gasteiger charge is 2.27. The molecule has 0 atom stereocenters. The summed E-state index contributed by atoms with van der Waals surface area (Å²) in [5.41, 5.74) is 7.31. The molecule has 3 nitrogen and oxygen atoms in total. The first-order valence-electron chi connectivity index (χ1n) is 6.96. The van der Waals surface area contributed by atoms with Crippen LogP contribution in [0.2, 0.25) is 0 Å². The molecular weight excluding hydrogens is 224 g/mol. The lowest BCUT2D eigenvalue weighted by Crippen LogP contribution is -2.40. The van der Waals surface area contributed by atoms with Gasteiger partial charge in [-0.3, -0.25) is 0 Å². The van der Waals surface area contributed by atoms with E-state index < -0.39 is 5.60 Å². The number of para-hydroxylation sites is 1. The Balaban J connectivity index is 1.82. The summed E-state index contributed by atoms with van der Waals surface area (Å²) in [5, 5.41) is 13.9. The number of nitrogen functional groups attached to an aromatic ring is 1. The van der Waals surface area contributed by atoms with E-state index in [2.05, 4.69) is 5.32 Å². The molecule has 1 aliphatic carbocycles. The second kappa shape index (κ2) is 6.21. The van der Waals surface area contributed by atoms with Crippen molar-refractivity contribution in [1.29, 1.82) is 0 Å². The van der Waals surface area contributed by atoms with Crippen molar-refractivity contribution < 1.29 is 5.11 Å². The zero-order valence-corrected chi connectivity index (χ0v) is 11.0. The number of rotatable bonds is 4. The topological polar surface area (TPSA) is 58.3 Å². The molecule has 18 heavy (non-hydrogen) atoms. The molecule has 0 radical (unpaired) electrons. The van der Waals surface area contributed by atoms with Gasteiger partial charge in [-0.05, 0) is 24.5 Å². The summed E-state index contributed by atoms with van der Waals surface area (Å²) in [7, 11) is 0. The average molecular weight is 248 g/mol. The van der Waals surface area contributed by atoms with Crippen LogP contribution in [-0.4, -0.2) is 17.3 Å². The molecule has 1 aliphatic rings. The number of hydrogen-bond acceptors (Lipinski definition) is 3. The molecule has 1 fully saturated rings. The minimum Gasteiger partial charge on any atom is -0.398 e. The molecule has 0 aromatic heterocycles. The Kier molecular flexibility index (Phi) is 4.61. The SMILES string of the molecule is Nc1ccccc1CNCC1(O)CCCCCC1. The van der Waals surface area contributed by atoms with Gasteiger partial charge >= 0.3 is 0 Å². The average Bonchev–Trinajstić information content (AvgIpc) is 2.57. The first-order valence-corrected chi connectivity index (χ1v) is 6.96. The van der Waals surface area contributed by atoms with Gasteiger partial charge in [0.1, 0.15) is 0 Å². The number of aliphatic hydroxyl groups is 1. The quantitative estimate of drug-likeness (QED) is 0.566. The predicted octanol–water partition coefficient (Wildman–Crippen LogP) is 2.44. The monoisotopic (exact) mass is 248 g/mol. The third kappa shape index (κ3) is 3.72. The highest BCUT2D eigenvalue weighted by atomic mass is 16.3. The number of nitrogens with one attached hydrogen (secondary N) is 1. The van der Waals surface area contributed by atoms with E-state index in [1.807, 2.05) is 24.3 Å². The first-order chi connectivity index (χ1) is 8.70. The highest BCUT2D eigenvalue weighted by molar-refractivity contribution is 5.46. The highest BCUT2D eigenvalue weighted by Crippen LogP contribution is 2.26. The number of benzene rings is 1. The molecule has 100 valence electrons. The minimum atomic E-state index is -0.514. The second-order valence-corrected chi connectivity index (χ2v) is 5.44. The second-order valence-electron chi connectivity index (χ2n) is 5.44. The summed E-state index contributed by atoms with van der Waals surface area (Å²) in [6.45, 7) is 1.40. The lowest BCUT2D eigenvalue weighted by molar-refractivity contribution is 0.0250. The molecule has 0 spiro atoms. The van der Waals surface area contributed by atoms with Crippen LogP contribution in [0.1, 0.15) is 44.1 Å². The van der Waals surface area contributed by atoms with Crippen LogP contribution < -0.4 is 11.1 Å². The van der Waals surface area contributed by atoms with Crippen molar-refractivity contribution in [2.45, 2.75) is 50.7 Å². The number of hydrogen-bond donors (Lipinski definition) is 3. The summed E-state index contributed by atoms with van der Waals surface area (Å²) in [4.78, 5) is 0. The molecule has 0 heterocycles. The molecule has 0 amide bonds. The summed E-state index contributed by atoms with van der Waals surface area (Å²) in [6.07, 6.45) is 6.65. The lowest BCUT2D eigenvalue weighted by atomic mass is 9.94. The fourth-order valence-electron chi connectivity index (χ4n) is 2.69. The standard InChI is InChI=1S/C15H24N2O/c16-14-8-4-3-7-13(14)11-17-12-15(18)9-5-1-2-6-10-15/h3-4,7-8,17-18H,1-2,5-6,9-12,16H2. The van der Waals surface area contributed by atoms with Gasteiger partial charge in [0.15, 0.2) is 0 Å². The molecule has 1 aromatic rings. The Morgan fingerprint density at radius 3 is 2.44 bits per heavy atom. The minimum absolute atomic E-state index is 0.514. The van der Waals surface area contributed by atoms with Crippen molar-refractivity contribution in [2.75, 3.05) is 12.3 Å². The Bertz CT molecular complexity index is 371. The van der Waals surface area contributed by atoms with E-state index in [1.54, 1.807) is 0 Å². The van der Waals surface area contributed by atoms with Gasteiger partial charge < -0.3 is 16.2 Å². The van der Waals surface area contributed by atoms with Crippen LogP contribution >= 0.6 is 0 Å². The molecule has 1 aromatic carbocycles. The van der Waals surface area contributed by atoms with Gasteiger partial charge in [-0.15, -0.1) is 0 Å². The third-order valence-electron chi connectivity index (χ3n) is 3.86. The molecule has 1 saturated carbocycles. The molecule has 4 N–H and O–H groups in total. The van der Waals surface area contributed by atoms with Gasteiger partial charge in [0.25, 0.3) is 0 Å².